The number of ether oxygens (including phenoxy) is 1. The molecule has 0 N–H and O–H groups in total. The molecule has 0 saturated heterocycles. The molecule has 0 unspecified atom stereocenters. The summed E-state index contributed by atoms with van der Waals surface area (Å²) in [5.74, 6) is 0.0873. The molecule has 1 aromatic heterocycles. The second-order valence-electron chi connectivity index (χ2n) is 6.09. The molecule has 2 bridgehead atoms. The van der Waals surface area contributed by atoms with Crippen molar-refractivity contribution in [1.29, 1.82) is 0 Å². The molecule has 0 aromatic carbocycles. The van der Waals surface area contributed by atoms with Crippen LogP contribution >= 0.6 is 0 Å². The number of methoxy groups -OCH3 is 1. The molecule has 0 spiro atoms. The van der Waals surface area contributed by atoms with E-state index in [0.29, 0.717) is 6.42 Å². The molecule has 0 saturated carbocycles. The fraction of sp³-hybridized carbons (Fsp3) is 0.444. The first-order valence-electron chi connectivity index (χ1n) is 7.42. The van der Waals surface area contributed by atoms with Crippen LogP contribution in [0.25, 0.3) is 0 Å². The van der Waals surface area contributed by atoms with Crippen LogP contribution in [0, 0.1) is 12.8 Å². The highest BCUT2D eigenvalue weighted by atomic mass is 16.5. The summed E-state index contributed by atoms with van der Waals surface area (Å²) in [6.45, 7) is 6.11. The summed E-state index contributed by atoms with van der Waals surface area (Å²) < 4.78 is 5.20. The summed E-state index contributed by atoms with van der Waals surface area (Å²) in [6, 6.07) is 4.05. The topological polar surface area (TPSA) is 39.2 Å². The third-order valence-electron chi connectivity index (χ3n) is 4.75. The summed E-state index contributed by atoms with van der Waals surface area (Å²) in [5.41, 5.74) is 4.80. The zero-order valence-electron chi connectivity index (χ0n) is 13.1. The number of carbonyl (C=O) groups excluding carboxylic acids is 1. The molecule has 1 aromatic rings. The van der Waals surface area contributed by atoms with Crippen LogP contribution in [0.3, 0.4) is 0 Å². The average molecular weight is 283 g/mol. The monoisotopic (exact) mass is 283 g/mol. The van der Waals surface area contributed by atoms with Gasteiger partial charge in [-0.15, -0.1) is 0 Å². The van der Waals surface area contributed by atoms with Gasteiger partial charge in [-0.1, -0.05) is 23.8 Å². The van der Waals surface area contributed by atoms with E-state index in [0.717, 1.165) is 28.9 Å². The van der Waals surface area contributed by atoms with E-state index in [9.17, 15) is 4.79 Å². The number of rotatable bonds is 1. The Kier molecular flexibility index (Phi) is 3.23. The smallest absolute Gasteiger partial charge is 0.320 e. The van der Waals surface area contributed by atoms with Gasteiger partial charge in [0.05, 0.1) is 7.11 Å². The van der Waals surface area contributed by atoms with Crippen molar-refractivity contribution >= 4 is 5.97 Å². The van der Waals surface area contributed by atoms with Gasteiger partial charge in [-0.25, -0.2) is 0 Å². The molecule has 0 fully saturated rings. The largest absolute Gasteiger partial charge is 0.468 e. The molecule has 2 atom stereocenters. The van der Waals surface area contributed by atoms with Crippen molar-refractivity contribution in [3.05, 3.63) is 52.4 Å². The highest BCUT2D eigenvalue weighted by Crippen LogP contribution is 2.51. The van der Waals surface area contributed by atoms with E-state index in [4.69, 9.17) is 4.74 Å². The molecule has 110 valence electrons. The van der Waals surface area contributed by atoms with Crippen molar-refractivity contribution in [2.45, 2.75) is 39.0 Å². The van der Waals surface area contributed by atoms with Gasteiger partial charge < -0.3 is 4.74 Å². The van der Waals surface area contributed by atoms with Gasteiger partial charge in [0.1, 0.15) is 5.41 Å². The van der Waals surface area contributed by atoms with Crippen LogP contribution in [0.1, 0.15) is 37.2 Å². The van der Waals surface area contributed by atoms with E-state index in [1.54, 1.807) is 0 Å². The summed E-state index contributed by atoms with van der Waals surface area (Å²) >= 11 is 0. The number of allylic oxidation sites excluding steroid dienone is 3. The zero-order valence-corrected chi connectivity index (χ0v) is 13.1. The number of carbonyl (C=O) groups is 1. The third kappa shape index (κ3) is 1.87. The predicted octanol–water partition coefficient (Wildman–Crippen LogP) is 3.27. The molecular weight excluding hydrogens is 262 g/mol. The van der Waals surface area contributed by atoms with E-state index in [1.807, 2.05) is 19.9 Å². The van der Waals surface area contributed by atoms with Crippen LogP contribution in [0.5, 0.6) is 0 Å². The van der Waals surface area contributed by atoms with Crippen molar-refractivity contribution in [2.24, 2.45) is 5.92 Å². The molecule has 3 rings (SSSR count). The Bertz CT molecular complexity index is 672. The number of hydrogen-bond donors (Lipinski definition) is 0. The summed E-state index contributed by atoms with van der Waals surface area (Å²) in [7, 11) is 1.48. The van der Waals surface area contributed by atoms with Crippen molar-refractivity contribution in [3.8, 4) is 0 Å². The minimum atomic E-state index is -0.679. The Balaban J connectivity index is 2.33. The van der Waals surface area contributed by atoms with Gasteiger partial charge in [-0.05, 0) is 44.4 Å². The quantitative estimate of drug-likeness (QED) is 0.586. The molecule has 2 aliphatic carbocycles. The zero-order chi connectivity index (χ0) is 15.2. The maximum Gasteiger partial charge on any atom is 0.320 e. The molecule has 3 heteroatoms. The minimum absolute atomic E-state index is 0.167. The molecular formula is C18H21NO2. The Morgan fingerprint density at radius 1 is 1.43 bits per heavy atom. The highest BCUT2D eigenvalue weighted by Gasteiger charge is 2.52. The van der Waals surface area contributed by atoms with E-state index < -0.39 is 5.41 Å². The Morgan fingerprint density at radius 3 is 2.86 bits per heavy atom. The van der Waals surface area contributed by atoms with Crippen LogP contribution in [-0.2, 0) is 21.4 Å². The molecule has 1 heterocycles. The third-order valence-corrected chi connectivity index (χ3v) is 4.75. The first kappa shape index (κ1) is 14.1. The van der Waals surface area contributed by atoms with Gasteiger partial charge in [-0.2, -0.15) is 0 Å². The van der Waals surface area contributed by atoms with E-state index in [-0.39, 0.29) is 11.9 Å². The summed E-state index contributed by atoms with van der Waals surface area (Å²) in [4.78, 5) is 17.4. The number of aromatic nitrogens is 1. The van der Waals surface area contributed by atoms with E-state index >= 15 is 0 Å². The molecule has 0 aliphatic heterocycles. The number of hydrogen-bond acceptors (Lipinski definition) is 3. The predicted molar refractivity (Wildman–Crippen MR) is 82.0 cm³/mol. The average Bonchev–Trinajstić information content (AvgIpc) is 2.45. The van der Waals surface area contributed by atoms with Crippen LogP contribution in [0.2, 0.25) is 0 Å². The number of fused-ring (bicyclic) bond motifs is 4. The van der Waals surface area contributed by atoms with Crippen molar-refractivity contribution in [3.63, 3.8) is 0 Å². The van der Waals surface area contributed by atoms with Crippen LogP contribution in [0.4, 0.5) is 0 Å². The Hall–Kier alpha value is -1.90. The van der Waals surface area contributed by atoms with Crippen molar-refractivity contribution < 1.29 is 9.53 Å². The molecule has 21 heavy (non-hydrogen) atoms. The van der Waals surface area contributed by atoms with Gasteiger partial charge >= 0.3 is 5.97 Å². The fourth-order valence-corrected chi connectivity index (χ4v) is 4.05. The lowest BCUT2D eigenvalue weighted by molar-refractivity contribution is -0.146. The van der Waals surface area contributed by atoms with Crippen LogP contribution < -0.4 is 0 Å². The normalized spacial score (nSPS) is 28.9. The van der Waals surface area contributed by atoms with Gasteiger partial charge in [0.15, 0.2) is 0 Å². The lowest BCUT2D eigenvalue weighted by Gasteiger charge is -2.45. The molecule has 3 nitrogen and oxygen atoms in total. The maximum atomic E-state index is 12.7. The Morgan fingerprint density at radius 2 is 2.19 bits per heavy atom. The first-order chi connectivity index (χ1) is 10.0. The molecule has 2 aliphatic rings. The van der Waals surface area contributed by atoms with Crippen molar-refractivity contribution in [1.82, 2.24) is 4.98 Å². The number of aryl methyl sites for hydroxylation is 1. The number of pyridine rings is 1. The summed E-state index contributed by atoms with van der Waals surface area (Å²) in [5, 5.41) is 0. The SMILES string of the molecule is CC=C1[C@H]2C=C(C)C[C@]1(C(=O)OC)c1ccc(C)nc1C2. The lowest BCUT2D eigenvalue weighted by Crippen LogP contribution is -2.47. The fourth-order valence-electron chi connectivity index (χ4n) is 4.05. The van der Waals surface area contributed by atoms with Crippen LogP contribution in [-0.4, -0.2) is 18.1 Å². The second kappa shape index (κ2) is 4.83. The molecule has 0 amide bonds. The van der Waals surface area contributed by atoms with Gasteiger partial charge in [0.2, 0.25) is 0 Å². The van der Waals surface area contributed by atoms with E-state index in [2.05, 4.69) is 30.1 Å². The lowest BCUT2D eigenvalue weighted by atomic mass is 9.58. The van der Waals surface area contributed by atoms with E-state index in [1.165, 1.54) is 12.7 Å². The minimum Gasteiger partial charge on any atom is -0.468 e. The number of nitrogens with zero attached hydrogens (tertiary/aromatic N) is 1. The second-order valence-corrected chi connectivity index (χ2v) is 6.09. The number of esters is 1. The highest BCUT2D eigenvalue weighted by molar-refractivity contribution is 5.89. The van der Waals surface area contributed by atoms with Crippen LogP contribution in [0.15, 0.2) is 35.4 Å². The first-order valence-corrected chi connectivity index (χ1v) is 7.42. The van der Waals surface area contributed by atoms with Crippen molar-refractivity contribution in [2.75, 3.05) is 7.11 Å². The van der Waals surface area contributed by atoms with Gasteiger partial charge in [-0.3, -0.25) is 9.78 Å². The summed E-state index contributed by atoms with van der Waals surface area (Å²) in [6.07, 6.45) is 5.93. The van der Waals surface area contributed by atoms with Gasteiger partial charge in [0, 0.05) is 23.7 Å². The Labute approximate surface area is 125 Å². The standard InChI is InChI=1S/C18H21NO2/c1-5-14-13-8-11(2)10-18(14,17(20)21-4)15-7-6-12(3)19-16(15)9-13/h5-8,13H,9-10H2,1-4H3/t13-,18+/m0/s1. The van der Waals surface area contributed by atoms with Gasteiger partial charge in [0.25, 0.3) is 0 Å². The maximum absolute atomic E-state index is 12.7. The molecule has 0 radical (unpaired) electrons.